The number of hydrogen-bond acceptors (Lipinski definition) is 7. The molecular formula is C10H13N5S2. The average Bonchev–Trinajstić information content (AvgIpc) is 2.76. The minimum atomic E-state index is 0.750. The lowest BCUT2D eigenvalue weighted by molar-refractivity contribution is 0.957. The summed E-state index contributed by atoms with van der Waals surface area (Å²) in [5.74, 6) is 2.46. The number of nitrogens with zero attached hydrogens (tertiary/aromatic N) is 4. The highest BCUT2D eigenvalue weighted by Gasteiger charge is 2.07. The second-order valence-electron chi connectivity index (χ2n) is 3.32. The van der Waals surface area contributed by atoms with Crippen LogP contribution in [-0.4, -0.2) is 26.4 Å². The lowest BCUT2D eigenvalue weighted by Gasteiger charge is -2.02. The summed E-state index contributed by atoms with van der Waals surface area (Å²) in [4.78, 5) is 13.0. The maximum atomic E-state index is 4.40. The molecule has 17 heavy (non-hydrogen) atoms. The minimum absolute atomic E-state index is 0.750. The summed E-state index contributed by atoms with van der Waals surface area (Å²) < 4.78 is 5.17. The third-order valence-corrected chi connectivity index (χ3v) is 3.74. The first-order valence-corrected chi connectivity index (χ1v) is 6.84. The molecule has 2 aromatic heterocycles. The molecule has 2 rings (SSSR count). The van der Waals surface area contributed by atoms with Gasteiger partial charge in [-0.3, -0.25) is 0 Å². The van der Waals surface area contributed by atoms with E-state index in [-0.39, 0.29) is 0 Å². The fourth-order valence-corrected chi connectivity index (χ4v) is 2.93. The van der Waals surface area contributed by atoms with Gasteiger partial charge in [0, 0.05) is 19.5 Å². The molecule has 1 N–H and O–H groups in total. The topological polar surface area (TPSA) is 63.6 Å². The summed E-state index contributed by atoms with van der Waals surface area (Å²) in [6.07, 6.45) is 0.863. The summed E-state index contributed by atoms with van der Waals surface area (Å²) in [6.45, 7) is 3.92. The van der Waals surface area contributed by atoms with E-state index in [1.165, 1.54) is 23.3 Å². The number of hydrogen-bond donors (Lipinski definition) is 1. The van der Waals surface area contributed by atoms with Crippen molar-refractivity contribution >= 4 is 29.1 Å². The predicted octanol–water partition coefficient (Wildman–Crippen LogP) is 2.39. The molecule has 0 amide bonds. The van der Waals surface area contributed by atoms with E-state index in [2.05, 4.69) is 24.6 Å². The molecule has 0 aromatic carbocycles. The van der Waals surface area contributed by atoms with Gasteiger partial charge in [-0.25, -0.2) is 15.0 Å². The predicted molar refractivity (Wildman–Crippen MR) is 69.7 cm³/mol. The van der Waals surface area contributed by atoms with Crippen molar-refractivity contribution in [3.05, 3.63) is 17.7 Å². The second kappa shape index (κ2) is 5.42. The zero-order valence-electron chi connectivity index (χ0n) is 9.89. The van der Waals surface area contributed by atoms with Crippen molar-refractivity contribution in [3.63, 3.8) is 0 Å². The van der Waals surface area contributed by atoms with Crippen molar-refractivity contribution in [2.24, 2.45) is 0 Å². The second-order valence-corrected chi connectivity index (χ2v) is 5.34. The zero-order valence-corrected chi connectivity index (χ0v) is 11.5. The van der Waals surface area contributed by atoms with Crippen LogP contribution in [0.2, 0.25) is 0 Å². The highest BCUT2D eigenvalue weighted by Crippen LogP contribution is 2.28. The van der Waals surface area contributed by atoms with Gasteiger partial charge < -0.3 is 5.32 Å². The maximum Gasteiger partial charge on any atom is 0.176 e. The van der Waals surface area contributed by atoms with E-state index in [4.69, 9.17) is 0 Å². The van der Waals surface area contributed by atoms with E-state index in [1.807, 2.05) is 27.0 Å². The van der Waals surface area contributed by atoms with Gasteiger partial charge in [0.1, 0.15) is 22.5 Å². The highest BCUT2D eigenvalue weighted by atomic mass is 32.2. The Labute approximate surface area is 108 Å². The van der Waals surface area contributed by atoms with Gasteiger partial charge in [0.05, 0.1) is 0 Å². The van der Waals surface area contributed by atoms with Gasteiger partial charge in [0.15, 0.2) is 4.34 Å². The summed E-state index contributed by atoms with van der Waals surface area (Å²) >= 11 is 2.93. The van der Waals surface area contributed by atoms with Gasteiger partial charge in [-0.2, -0.15) is 4.37 Å². The van der Waals surface area contributed by atoms with Gasteiger partial charge in [-0.15, -0.1) is 0 Å². The molecule has 0 radical (unpaired) electrons. The van der Waals surface area contributed by atoms with Crippen LogP contribution < -0.4 is 5.32 Å². The number of rotatable bonds is 4. The first kappa shape index (κ1) is 12.3. The van der Waals surface area contributed by atoms with E-state index in [0.29, 0.717) is 0 Å². The molecule has 2 aromatic rings. The van der Waals surface area contributed by atoms with E-state index in [0.717, 1.165) is 33.3 Å². The van der Waals surface area contributed by atoms with E-state index in [1.54, 1.807) is 0 Å². The Morgan fingerprint density at radius 2 is 2.18 bits per heavy atom. The third-order valence-electron chi connectivity index (χ3n) is 2.03. The molecule has 7 heteroatoms. The van der Waals surface area contributed by atoms with Gasteiger partial charge >= 0.3 is 0 Å². The van der Waals surface area contributed by atoms with E-state index >= 15 is 0 Å². The van der Waals surface area contributed by atoms with Gasteiger partial charge in [-0.05, 0) is 30.2 Å². The van der Waals surface area contributed by atoms with Crippen LogP contribution in [0, 0.1) is 6.92 Å². The number of nitrogens with one attached hydrogen (secondary N) is 1. The average molecular weight is 267 g/mol. The molecule has 2 heterocycles. The Hall–Kier alpha value is -1.21. The van der Waals surface area contributed by atoms with Crippen LogP contribution in [0.3, 0.4) is 0 Å². The number of anilines is 1. The van der Waals surface area contributed by atoms with Crippen molar-refractivity contribution in [1.82, 2.24) is 19.3 Å². The molecule has 0 atom stereocenters. The SMILES string of the molecule is CCc1nsc(Sc2cc(NC)nc(C)n2)n1. The highest BCUT2D eigenvalue weighted by molar-refractivity contribution is 8.00. The molecule has 0 bridgehead atoms. The van der Waals surface area contributed by atoms with Crippen LogP contribution >= 0.6 is 23.3 Å². The lowest BCUT2D eigenvalue weighted by Crippen LogP contribution is -1.97. The normalized spacial score (nSPS) is 10.5. The maximum absolute atomic E-state index is 4.40. The van der Waals surface area contributed by atoms with Gasteiger partial charge in [0.25, 0.3) is 0 Å². The van der Waals surface area contributed by atoms with Crippen molar-refractivity contribution in [2.75, 3.05) is 12.4 Å². The van der Waals surface area contributed by atoms with Gasteiger partial charge in [-0.1, -0.05) is 6.92 Å². The van der Waals surface area contributed by atoms with Crippen LogP contribution in [-0.2, 0) is 6.42 Å². The fraction of sp³-hybridized carbons (Fsp3) is 0.400. The molecule has 0 aliphatic rings. The van der Waals surface area contributed by atoms with Gasteiger partial charge in [0.2, 0.25) is 0 Å². The van der Waals surface area contributed by atoms with Crippen molar-refractivity contribution in [2.45, 2.75) is 29.6 Å². The molecule has 0 aliphatic heterocycles. The van der Waals surface area contributed by atoms with E-state index in [9.17, 15) is 0 Å². The monoisotopic (exact) mass is 267 g/mol. The summed E-state index contributed by atoms with van der Waals surface area (Å²) in [5, 5.41) is 3.90. The number of aromatic nitrogens is 4. The van der Waals surface area contributed by atoms with Crippen LogP contribution in [0.5, 0.6) is 0 Å². The largest absolute Gasteiger partial charge is 0.373 e. The van der Waals surface area contributed by atoms with Crippen LogP contribution in [0.15, 0.2) is 15.4 Å². The van der Waals surface area contributed by atoms with Crippen LogP contribution in [0.4, 0.5) is 5.82 Å². The van der Waals surface area contributed by atoms with Crippen molar-refractivity contribution in [1.29, 1.82) is 0 Å². The summed E-state index contributed by atoms with van der Waals surface area (Å²) in [5.41, 5.74) is 0. The Morgan fingerprint density at radius 3 is 2.82 bits per heavy atom. The van der Waals surface area contributed by atoms with E-state index < -0.39 is 0 Å². The Balaban J connectivity index is 2.20. The van der Waals surface area contributed by atoms with Crippen LogP contribution in [0.1, 0.15) is 18.6 Å². The summed E-state index contributed by atoms with van der Waals surface area (Å²) in [7, 11) is 1.84. The standard InChI is InChI=1S/C10H13N5S2/c1-4-7-14-10(17-15-7)16-9-5-8(11-3)12-6(2)13-9/h5H,4H2,1-3H3,(H,11,12,13). The summed E-state index contributed by atoms with van der Waals surface area (Å²) in [6, 6.07) is 1.91. The third kappa shape index (κ3) is 3.13. The molecule has 0 aliphatic carbocycles. The molecule has 5 nitrogen and oxygen atoms in total. The zero-order chi connectivity index (χ0) is 12.3. The molecule has 90 valence electrons. The first-order chi connectivity index (χ1) is 8.21. The first-order valence-electron chi connectivity index (χ1n) is 5.25. The lowest BCUT2D eigenvalue weighted by atomic mass is 10.5. The van der Waals surface area contributed by atoms with Crippen LogP contribution in [0.25, 0.3) is 0 Å². The number of aryl methyl sites for hydroxylation is 2. The Bertz CT molecular complexity index is 511. The smallest absolute Gasteiger partial charge is 0.176 e. The quantitative estimate of drug-likeness (QED) is 0.858. The molecule has 0 fully saturated rings. The Morgan fingerprint density at radius 1 is 1.35 bits per heavy atom. The Kier molecular flexibility index (Phi) is 3.90. The minimum Gasteiger partial charge on any atom is -0.373 e. The molecule has 0 saturated heterocycles. The fourth-order valence-electron chi connectivity index (χ4n) is 1.23. The molecule has 0 spiro atoms. The molecular weight excluding hydrogens is 254 g/mol. The van der Waals surface area contributed by atoms with Crippen molar-refractivity contribution in [3.8, 4) is 0 Å². The van der Waals surface area contributed by atoms with Crippen molar-refractivity contribution < 1.29 is 0 Å². The molecule has 0 unspecified atom stereocenters. The molecule has 0 saturated carbocycles.